The maximum Gasteiger partial charge on any atom is 0.160 e. The summed E-state index contributed by atoms with van der Waals surface area (Å²) in [6.45, 7) is 0. The highest BCUT2D eigenvalue weighted by Crippen LogP contribution is 2.40. The van der Waals surface area contributed by atoms with Crippen molar-refractivity contribution in [3.05, 3.63) is 164 Å². The van der Waals surface area contributed by atoms with Gasteiger partial charge in [-0.3, -0.25) is 0 Å². The van der Waals surface area contributed by atoms with Crippen LogP contribution in [0.2, 0.25) is 0 Å². The molecule has 47 heavy (non-hydrogen) atoms. The molecule has 3 aromatic heterocycles. The molecular formula is C43H27N3S. The summed E-state index contributed by atoms with van der Waals surface area (Å²) >= 11 is 1.74. The second-order valence-corrected chi connectivity index (χ2v) is 12.7. The van der Waals surface area contributed by atoms with Gasteiger partial charge in [0, 0.05) is 43.9 Å². The molecule has 0 spiro atoms. The molecule has 0 aliphatic heterocycles. The number of benzene rings is 6. The van der Waals surface area contributed by atoms with Gasteiger partial charge in [0.15, 0.2) is 5.82 Å². The third-order valence-corrected chi connectivity index (χ3v) is 9.85. The fourth-order valence-electron chi connectivity index (χ4n) is 6.37. The molecule has 0 atom stereocenters. The maximum atomic E-state index is 5.24. The summed E-state index contributed by atoms with van der Waals surface area (Å²) in [5, 5.41) is 4.85. The Kier molecular flexibility index (Phi) is 6.65. The molecule has 0 unspecified atom stereocenters. The third kappa shape index (κ3) is 5.05. The summed E-state index contributed by atoms with van der Waals surface area (Å²) in [5.41, 5.74) is 9.27. The zero-order valence-electron chi connectivity index (χ0n) is 25.3. The van der Waals surface area contributed by atoms with Crippen LogP contribution >= 0.6 is 11.3 Å². The molecule has 0 aliphatic rings. The van der Waals surface area contributed by atoms with E-state index in [9.17, 15) is 0 Å². The van der Waals surface area contributed by atoms with Crippen molar-refractivity contribution in [2.45, 2.75) is 0 Å². The molecule has 0 bridgehead atoms. The van der Waals surface area contributed by atoms with E-state index in [0.29, 0.717) is 5.82 Å². The highest BCUT2D eigenvalue weighted by atomic mass is 32.1. The number of thiophene rings is 1. The lowest BCUT2D eigenvalue weighted by Crippen LogP contribution is -1.97. The van der Waals surface area contributed by atoms with Gasteiger partial charge in [-0.15, -0.1) is 11.3 Å². The predicted octanol–water partition coefficient (Wildman–Crippen LogP) is 11.7. The summed E-state index contributed by atoms with van der Waals surface area (Å²) in [6, 6.07) is 55.4. The molecule has 0 saturated carbocycles. The molecule has 220 valence electrons. The average molecular weight is 618 g/mol. The Morgan fingerprint density at radius 2 is 1.11 bits per heavy atom. The van der Waals surface area contributed by atoms with Crippen molar-refractivity contribution in [2.24, 2.45) is 0 Å². The molecule has 3 nitrogen and oxygen atoms in total. The van der Waals surface area contributed by atoms with E-state index in [-0.39, 0.29) is 0 Å². The quantitative estimate of drug-likeness (QED) is 0.193. The minimum Gasteiger partial charge on any atom is -0.245 e. The lowest BCUT2D eigenvalue weighted by Gasteiger charge is -2.15. The van der Waals surface area contributed by atoms with Crippen LogP contribution in [0.4, 0.5) is 0 Å². The zero-order valence-corrected chi connectivity index (χ0v) is 26.2. The highest BCUT2D eigenvalue weighted by molar-refractivity contribution is 7.25. The summed E-state index contributed by atoms with van der Waals surface area (Å²) in [7, 11) is 0. The molecule has 0 saturated heterocycles. The number of hydrogen-bond donors (Lipinski definition) is 0. The SMILES string of the molecule is c1ccc(-c2cc(-c3cc(-c4cnc5sc6ccccc6c5c4)ccc3-c3ccc4ccccc4c3)nc(-c3ccccc3)n2)cc1. The molecule has 9 aromatic rings. The number of aromatic nitrogens is 3. The van der Waals surface area contributed by atoms with Crippen LogP contribution in [0.25, 0.3) is 87.2 Å². The van der Waals surface area contributed by atoms with Gasteiger partial charge in [-0.1, -0.05) is 127 Å². The highest BCUT2D eigenvalue weighted by Gasteiger charge is 2.17. The predicted molar refractivity (Wildman–Crippen MR) is 197 cm³/mol. The first-order valence-electron chi connectivity index (χ1n) is 15.7. The van der Waals surface area contributed by atoms with Crippen LogP contribution in [-0.2, 0) is 0 Å². The number of rotatable bonds is 5. The van der Waals surface area contributed by atoms with Gasteiger partial charge in [0.05, 0.1) is 11.4 Å². The van der Waals surface area contributed by atoms with Gasteiger partial charge < -0.3 is 0 Å². The fourth-order valence-corrected chi connectivity index (χ4v) is 7.40. The van der Waals surface area contributed by atoms with Crippen molar-refractivity contribution in [2.75, 3.05) is 0 Å². The molecule has 0 N–H and O–H groups in total. The van der Waals surface area contributed by atoms with Crippen molar-refractivity contribution in [1.29, 1.82) is 0 Å². The summed E-state index contributed by atoms with van der Waals surface area (Å²) in [5.74, 6) is 0.699. The van der Waals surface area contributed by atoms with Gasteiger partial charge in [-0.05, 0) is 57.8 Å². The Morgan fingerprint density at radius 3 is 1.96 bits per heavy atom. The number of nitrogens with zero attached hydrogens (tertiary/aromatic N) is 3. The van der Waals surface area contributed by atoms with Gasteiger partial charge in [0.1, 0.15) is 4.83 Å². The normalized spacial score (nSPS) is 11.4. The van der Waals surface area contributed by atoms with E-state index in [1.54, 1.807) is 11.3 Å². The lowest BCUT2D eigenvalue weighted by molar-refractivity contribution is 1.18. The second-order valence-electron chi connectivity index (χ2n) is 11.7. The topological polar surface area (TPSA) is 38.7 Å². The first-order chi connectivity index (χ1) is 23.3. The van der Waals surface area contributed by atoms with Crippen LogP contribution in [0.5, 0.6) is 0 Å². The smallest absolute Gasteiger partial charge is 0.160 e. The number of fused-ring (bicyclic) bond motifs is 4. The molecular weight excluding hydrogens is 591 g/mol. The largest absolute Gasteiger partial charge is 0.245 e. The Hall–Kier alpha value is -5.97. The second kappa shape index (κ2) is 11.4. The third-order valence-electron chi connectivity index (χ3n) is 8.75. The van der Waals surface area contributed by atoms with Gasteiger partial charge in [-0.25, -0.2) is 15.0 Å². The molecule has 3 heterocycles. The Morgan fingerprint density at radius 1 is 0.404 bits per heavy atom. The van der Waals surface area contributed by atoms with Crippen LogP contribution in [0.15, 0.2) is 164 Å². The summed E-state index contributed by atoms with van der Waals surface area (Å²) in [6.07, 6.45) is 2.00. The van der Waals surface area contributed by atoms with Crippen LogP contribution < -0.4 is 0 Å². The molecule has 0 amide bonds. The Bertz CT molecular complexity index is 2510. The van der Waals surface area contributed by atoms with E-state index in [2.05, 4.69) is 133 Å². The Balaban J connectivity index is 1.29. The Labute approximate surface area is 276 Å². The minimum absolute atomic E-state index is 0.699. The van der Waals surface area contributed by atoms with Crippen molar-refractivity contribution < 1.29 is 0 Å². The van der Waals surface area contributed by atoms with Gasteiger partial charge >= 0.3 is 0 Å². The van der Waals surface area contributed by atoms with Crippen molar-refractivity contribution in [1.82, 2.24) is 15.0 Å². The summed E-state index contributed by atoms with van der Waals surface area (Å²) in [4.78, 5) is 16.3. The van der Waals surface area contributed by atoms with Gasteiger partial charge in [0.2, 0.25) is 0 Å². The fraction of sp³-hybridized carbons (Fsp3) is 0. The van der Waals surface area contributed by atoms with Crippen LogP contribution in [0.1, 0.15) is 0 Å². The monoisotopic (exact) mass is 617 g/mol. The molecule has 0 fully saturated rings. The number of pyridine rings is 1. The minimum atomic E-state index is 0.699. The van der Waals surface area contributed by atoms with E-state index >= 15 is 0 Å². The van der Waals surface area contributed by atoms with E-state index in [0.717, 1.165) is 55.2 Å². The number of hydrogen-bond acceptors (Lipinski definition) is 4. The van der Waals surface area contributed by atoms with E-state index < -0.39 is 0 Å². The maximum absolute atomic E-state index is 5.24. The molecule has 6 aromatic carbocycles. The molecule has 4 heteroatoms. The average Bonchev–Trinajstić information content (AvgIpc) is 3.53. The van der Waals surface area contributed by atoms with Crippen molar-refractivity contribution >= 4 is 42.4 Å². The molecule has 0 radical (unpaired) electrons. The van der Waals surface area contributed by atoms with E-state index in [1.165, 1.54) is 26.2 Å². The van der Waals surface area contributed by atoms with E-state index in [4.69, 9.17) is 15.0 Å². The summed E-state index contributed by atoms with van der Waals surface area (Å²) < 4.78 is 1.25. The van der Waals surface area contributed by atoms with Gasteiger partial charge in [0.25, 0.3) is 0 Å². The van der Waals surface area contributed by atoms with Crippen LogP contribution in [-0.4, -0.2) is 15.0 Å². The lowest BCUT2D eigenvalue weighted by atomic mass is 9.91. The van der Waals surface area contributed by atoms with Crippen LogP contribution in [0, 0.1) is 0 Å². The van der Waals surface area contributed by atoms with Crippen molar-refractivity contribution in [3.63, 3.8) is 0 Å². The first-order valence-corrected chi connectivity index (χ1v) is 16.5. The molecule has 0 aliphatic carbocycles. The van der Waals surface area contributed by atoms with Gasteiger partial charge in [-0.2, -0.15) is 0 Å². The first kappa shape index (κ1) is 27.3. The van der Waals surface area contributed by atoms with E-state index in [1.807, 2.05) is 30.5 Å². The van der Waals surface area contributed by atoms with Crippen LogP contribution in [0.3, 0.4) is 0 Å². The molecule has 9 rings (SSSR count). The van der Waals surface area contributed by atoms with Crippen molar-refractivity contribution in [3.8, 4) is 56.2 Å². The standard InChI is InChI=1S/C43H27N3S/c1-3-12-29(13-4-1)39-26-40(46-42(45-39)30-14-5-2-6-15-30)37-24-32(21-22-35(37)33-20-19-28-11-7-8-16-31(28)23-33)34-25-38-36-17-9-10-18-41(36)47-43(38)44-27-34/h1-27H. The zero-order chi connectivity index (χ0) is 31.2.